The Morgan fingerprint density at radius 3 is 2.41 bits per heavy atom. The van der Waals surface area contributed by atoms with Gasteiger partial charge >= 0.3 is 0 Å². The van der Waals surface area contributed by atoms with Gasteiger partial charge in [0.1, 0.15) is 0 Å². The molecule has 2 amide bonds. The van der Waals surface area contributed by atoms with Gasteiger partial charge < -0.3 is 14.8 Å². The van der Waals surface area contributed by atoms with E-state index in [2.05, 4.69) is 4.98 Å². The maximum Gasteiger partial charge on any atom is 0.256 e. The summed E-state index contributed by atoms with van der Waals surface area (Å²) in [6.07, 6.45) is 3.86. The van der Waals surface area contributed by atoms with E-state index in [0.717, 1.165) is 29.3 Å². The molecule has 5 heteroatoms. The molecule has 1 aliphatic heterocycles. The molecule has 1 N–H and O–H groups in total. The number of aromatic nitrogens is 1. The van der Waals surface area contributed by atoms with Gasteiger partial charge in [-0.15, -0.1) is 0 Å². The number of para-hydroxylation sites is 1. The lowest BCUT2D eigenvalue weighted by atomic mass is 10.1. The van der Waals surface area contributed by atoms with E-state index < -0.39 is 0 Å². The van der Waals surface area contributed by atoms with Crippen LogP contribution in [0.2, 0.25) is 0 Å². The van der Waals surface area contributed by atoms with E-state index in [1.54, 1.807) is 6.20 Å². The first-order chi connectivity index (χ1) is 10.7. The largest absolute Gasteiger partial charge is 0.360 e. The summed E-state index contributed by atoms with van der Waals surface area (Å²) in [5.41, 5.74) is 1.70. The van der Waals surface area contributed by atoms with Gasteiger partial charge in [-0.2, -0.15) is 0 Å². The maximum absolute atomic E-state index is 12.7. The van der Waals surface area contributed by atoms with Crippen molar-refractivity contribution in [2.24, 2.45) is 5.92 Å². The third kappa shape index (κ3) is 2.26. The molecule has 2 heterocycles. The van der Waals surface area contributed by atoms with E-state index in [1.165, 1.54) is 0 Å². The normalized spacial score (nSPS) is 18.7. The number of fused-ring (bicyclic) bond motifs is 1. The Morgan fingerprint density at radius 1 is 1.00 bits per heavy atom. The molecule has 0 spiro atoms. The van der Waals surface area contributed by atoms with Crippen molar-refractivity contribution < 1.29 is 9.59 Å². The Hall–Kier alpha value is -2.30. The van der Waals surface area contributed by atoms with Crippen molar-refractivity contribution in [1.82, 2.24) is 14.8 Å². The quantitative estimate of drug-likeness (QED) is 0.920. The highest BCUT2D eigenvalue weighted by atomic mass is 16.2. The zero-order valence-electron chi connectivity index (χ0n) is 12.4. The number of piperazine rings is 1. The van der Waals surface area contributed by atoms with Crippen LogP contribution in [0, 0.1) is 5.92 Å². The van der Waals surface area contributed by atoms with Crippen molar-refractivity contribution in [2.45, 2.75) is 12.8 Å². The molecule has 1 saturated carbocycles. The molecule has 2 aliphatic rings. The summed E-state index contributed by atoms with van der Waals surface area (Å²) in [6, 6.07) is 7.83. The smallest absolute Gasteiger partial charge is 0.256 e. The fraction of sp³-hybridized carbons (Fsp3) is 0.412. The number of amides is 2. The van der Waals surface area contributed by atoms with Crippen LogP contribution in [0.3, 0.4) is 0 Å². The highest BCUT2D eigenvalue weighted by molar-refractivity contribution is 6.06. The maximum atomic E-state index is 12.7. The number of nitrogens with one attached hydrogen (secondary N) is 1. The van der Waals surface area contributed by atoms with Gasteiger partial charge in [0.25, 0.3) is 5.91 Å². The number of aromatic amines is 1. The Bertz CT molecular complexity index is 724. The topological polar surface area (TPSA) is 56.4 Å². The van der Waals surface area contributed by atoms with E-state index in [4.69, 9.17) is 0 Å². The van der Waals surface area contributed by atoms with Crippen LogP contribution >= 0.6 is 0 Å². The Labute approximate surface area is 128 Å². The minimum atomic E-state index is 0.0518. The number of benzene rings is 1. The third-order valence-corrected chi connectivity index (χ3v) is 4.62. The molecule has 5 nitrogen and oxygen atoms in total. The average Bonchev–Trinajstić information content (AvgIpc) is 3.33. The van der Waals surface area contributed by atoms with Crippen molar-refractivity contribution >= 4 is 22.7 Å². The van der Waals surface area contributed by atoms with Crippen LogP contribution in [0.4, 0.5) is 0 Å². The van der Waals surface area contributed by atoms with Crippen LogP contribution in [0.25, 0.3) is 10.9 Å². The van der Waals surface area contributed by atoms with Crippen molar-refractivity contribution in [3.63, 3.8) is 0 Å². The summed E-state index contributed by atoms with van der Waals surface area (Å²) in [6.45, 7) is 2.56. The number of rotatable bonds is 2. The van der Waals surface area contributed by atoms with Gasteiger partial charge in [0.05, 0.1) is 5.56 Å². The predicted molar refractivity (Wildman–Crippen MR) is 83.5 cm³/mol. The van der Waals surface area contributed by atoms with Gasteiger partial charge in [-0.05, 0) is 18.9 Å². The molecule has 4 rings (SSSR count). The standard InChI is InChI=1S/C17H19N3O2/c21-16(12-5-6-12)19-7-9-20(10-8-19)17(22)14-11-18-15-4-2-1-3-13(14)15/h1-4,11-12,18H,5-10H2. The van der Waals surface area contributed by atoms with Crippen LogP contribution in [0.15, 0.2) is 30.5 Å². The highest BCUT2D eigenvalue weighted by Crippen LogP contribution is 2.31. The molecular weight excluding hydrogens is 278 g/mol. The monoisotopic (exact) mass is 297 g/mol. The first-order valence-electron chi connectivity index (χ1n) is 7.88. The summed E-state index contributed by atoms with van der Waals surface area (Å²) >= 11 is 0. The number of hydrogen-bond acceptors (Lipinski definition) is 2. The minimum Gasteiger partial charge on any atom is -0.360 e. The number of H-pyrrole nitrogens is 1. The van der Waals surface area contributed by atoms with E-state index in [-0.39, 0.29) is 17.7 Å². The summed E-state index contributed by atoms with van der Waals surface area (Å²) in [7, 11) is 0. The Kier molecular flexibility index (Phi) is 3.13. The average molecular weight is 297 g/mol. The number of hydrogen-bond donors (Lipinski definition) is 1. The molecule has 1 saturated heterocycles. The lowest BCUT2D eigenvalue weighted by Gasteiger charge is -2.34. The lowest BCUT2D eigenvalue weighted by Crippen LogP contribution is -2.51. The molecule has 0 unspecified atom stereocenters. The molecule has 1 aliphatic carbocycles. The predicted octanol–water partition coefficient (Wildman–Crippen LogP) is 1.86. The second kappa shape index (κ2) is 5.16. The van der Waals surface area contributed by atoms with E-state index in [1.807, 2.05) is 34.1 Å². The van der Waals surface area contributed by atoms with Gasteiger partial charge in [-0.3, -0.25) is 9.59 Å². The fourth-order valence-corrected chi connectivity index (χ4v) is 3.14. The summed E-state index contributed by atoms with van der Waals surface area (Å²) in [5, 5.41) is 0.962. The van der Waals surface area contributed by atoms with Crippen molar-refractivity contribution in [3.05, 3.63) is 36.0 Å². The second-order valence-electron chi connectivity index (χ2n) is 6.14. The first kappa shape index (κ1) is 13.4. The summed E-state index contributed by atoms with van der Waals surface area (Å²) in [4.78, 5) is 31.7. The van der Waals surface area contributed by atoms with Gasteiger partial charge in [0.15, 0.2) is 0 Å². The highest BCUT2D eigenvalue weighted by Gasteiger charge is 2.35. The van der Waals surface area contributed by atoms with Crippen molar-refractivity contribution in [2.75, 3.05) is 26.2 Å². The lowest BCUT2D eigenvalue weighted by molar-refractivity contribution is -0.134. The molecule has 1 aromatic heterocycles. The van der Waals surface area contributed by atoms with Crippen LogP contribution < -0.4 is 0 Å². The molecule has 1 aromatic carbocycles. The van der Waals surface area contributed by atoms with Crippen LogP contribution in [0.5, 0.6) is 0 Å². The molecule has 22 heavy (non-hydrogen) atoms. The van der Waals surface area contributed by atoms with E-state index in [9.17, 15) is 9.59 Å². The van der Waals surface area contributed by atoms with E-state index in [0.29, 0.717) is 26.2 Å². The van der Waals surface area contributed by atoms with Crippen LogP contribution in [-0.4, -0.2) is 52.8 Å². The van der Waals surface area contributed by atoms with E-state index >= 15 is 0 Å². The Morgan fingerprint density at radius 2 is 1.68 bits per heavy atom. The fourth-order valence-electron chi connectivity index (χ4n) is 3.14. The van der Waals surface area contributed by atoms with Gasteiger partial charge in [-0.1, -0.05) is 18.2 Å². The number of carbonyl (C=O) groups excluding carboxylic acids is 2. The van der Waals surface area contributed by atoms with Crippen molar-refractivity contribution in [1.29, 1.82) is 0 Å². The zero-order chi connectivity index (χ0) is 15.1. The molecule has 0 radical (unpaired) electrons. The molecule has 0 atom stereocenters. The van der Waals surface area contributed by atoms with Crippen LogP contribution in [0.1, 0.15) is 23.2 Å². The van der Waals surface area contributed by atoms with Gasteiger partial charge in [0.2, 0.25) is 5.91 Å². The minimum absolute atomic E-state index is 0.0518. The summed E-state index contributed by atoms with van der Waals surface area (Å²) in [5.74, 6) is 0.589. The number of nitrogens with zero attached hydrogens (tertiary/aromatic N) is 2. The van der Waals surface area contributed by atoms with Gasteiger partial charge in [-0.25, -0.2) is 0 Å². The zero-order valence-corrected chi connectivity index (χ0v) is 12.4. The first-order valence-corrected chi connectivity index (χ1v) is 7.88. The van der Waals surface area contributed by atoms with Gasteiger partial charge in [0, 0.05) is 49.2 Å². The molecule has 2 aromatic rings. The number of carbonyl (C=O) groups is 2. The molecule has 114 valence electrons. The molecule has 2 fully saturated rings. The SMILES string of the molecule is O=C(c1c[nH]c2ccccc12)N1CCN(C(=O)C2CC2)CC1. The third-order valence-electron chi connectivity index (χ3n) is 4.62. The Balaban J connectivity index is 1.46. The second-order valence-corrected chi connectivity index (χ2v) is 6.14. The van der Waals surface area contributed by atoms with Crippen LogP contribution in [-0.2, 0) is 4.79 Å². The molecular formula is C17H19N3O2. The summed E-state index contributed by atoms with van der Waals surface area (Å²) < 4.78 is 0. The molecule has 0 bridgehead atoms. The van der Waals surface area contributed by atoms with Crippen molar-refractivity contribution in [3.8, 4) is 0 Å².